The molecule has 1 unspecified atom stereocenters. The fourth-order valence-corrected chi connectivity index (χ4v) is 4.09. The molecule has 1 aliphatic rings. The SMILES string of the molecule is CCCOc1ccc(/C(O)=C2\C(=O)C(=O)N(c3ccc(F)c(F)c3)C2c2ccc(N(C)C)cc2)cc1. The molecule has 1 fully saturated rings. The van der Waals surface area contributed by atoms with Crippen LogP contribution in [0.2, 0.25) is 0 Å². The molecule has 1 heterocycles. The molecule has 8 heteroatoms. The Morgan fingerprint density at radius 1 is 0.972 bits per heavy atom. The fourth-order valence-electron chi connectivity index (χ4n) is 4.09. The number of hydrogen-bond donors (Lipinski definition) is 1. The maximum absolute atomic E-state index is 14.1. The van der Waals surface area contributed by atoms with Crippen molar-refractivity contribution in [2.45, 2.75) is 19.4 Å². The van der Waals surface area contributed by atoms with Crippen LogP contribution in [-0.2, 0) is 9.59 Å². The Bertz CT molecular complexity index is 1320. The maximum Gasteiger partial charge on any atom is 0.300 e. The van der Waals surface area contributed by atoms with E-state index in [2.05, 4.69) is 0 Å². The number of benzene rings is 3. The summed E-state index contributed by atoms with van der Waals surface area (Å²) in [6, 6.07) is 15.5. The zero-order chi connectivity index (χ0) is 26.0. The highest BCUT2D eigenvalue weighted by molar-refractivity contribution is 6.51. The Labute approximate surface area is 208 Å². The molecule has 36 heavy (non-hydrogen) atoms. The number of carbonyl (C=O) groups is 2. The van der Waals surface area contributed by atoms with Crippen LogP contribution in [0.1, 0.15) is 30.5 Å². The summed E-state index contributed by atoms with van der Waals surface area (Å²) in [4.78, 5) is 29.3. The van der Waals surface area contributed by atoms with Gasteiger partial charge in [-0.25, -0.2) is 8.78 Å². The highest BCUT2D eigenvalue weighted by Crippen LogP contribution is 2.42. The van der Waals surface area contributed by atoms with E-state index in [4.69, 9.17) is 4.74 Å². The van der Waals surface area contributed by atoms with Crippen LogP contribution >= 0.6 is 0 Å². The monoisotopic (exact) mass is 492 g/mol. The molecule has 1 saturated heterocycles. The molecule has 1 N–H and O–H groups in total. The Hall–Kier alpha value is -4.20. The van der Waals surface area contributed by atoms with E-state index in [1.54, 1.807) is 48.5 Å². The Balaban J connectivity index is 1.86. The molecule has 0 aliphatic carbocycles. The minimum atomic E-state index is -1.15. The molecule has 1 atom stereocenters. The van der Waals surface area contributed by atoms with Crippen LogP contribution in [0, 0.1) is 11.6 Å². The second-order valence-electron chi connectivity index (χ2n) is 8.63. The number of ether oxygens (including phenoxy) is 1. The first-order valence-electron chi connectivity index (χ1n) is 11.5. The summed E-state index contributed by atoms with van der Waals surface area (Å²) in [5.74, 6) is -3.88. The van der Waals surface area contributed by atoms with Gasteiger partial charge in [-0.2, -0.15) is 0 Å². The number of rotatable bonds is 7. The van der Waals surface area contributed by atoms with E-state index in [1.807, 2.05) is 25.9 Å². The zero-order valence-corrected chi connectivity index (χ0v) is 20.2. The van der Waals surface area contributed by atoms with Gasteiger partial charge in [-0.1, -0.05) is 19.1 Å². The van der Waals surface area contributed by atoms with Gasteiger partial charge in [-0.3, -0.25) is 14.5 Å². The smallest absolute Gasteiger partial charge is 0.300 e. The van der Waals surface area contributed by atoms with Crippen LogP contribution in [0.25, 0.3) is 5.76 Å². The van der Waals surface area contributed by atoms with Gasteiger partial charge in [-0.05, 0) is 60.5 Å². The predicted octanol–water partition coefficient (Wildman–Crippen LogP) is 5.45. The van der Waals surface area contributed by atoms with Crippen LogP contribution in [-0.4, -0.2) is 37.5 Å². The first kappa shape index (κ1) is 24.9. The number of Topliss-reactive ketones (excluding diaryl/α,β-unsaturated/α-hetero) is 1. The molecule has 186 valence electrons. The van der Waals surface area contributed by atoms with Crippen molar-refractivity contribution in [3.63, 3.8) is 0 Å². The first-order valence-corrected chi connectivity index (χ1v) is 11.5. The Morgan fingerprint density at radius 3 is 2.22 bits per heavy atom. The first-order chi connectivity index (χ1) is 17.2. The van der Waals surface area contributed by atoms with E-state index in [-0.39, 0.29) is 17.0 Å². The third-order valence-electron chi connectivity index (χ3n) is 5.95. The second-order valence-corrected chi connectivity index (χ2v) is 8.63. The molecular weight excluding hydrogens is 466 g/mol. The summed E-state index contributed by atoms with van der Waals surface area (Å²) < 4.78 is 33.3. The van der Waals surface area contributed by atoms with Gasteiger partial charge in [0, 0.05) is 37.1 Å². The van der Waals surface area contributed by atoms with Crippen molar-refractivity contribution in [2.24, 2.45) is 0 Å². The number of amides is 1. The molecule has 0 saturated carbocycles. The van der Waals surface area contributed by atoms with Crippen molar-refractivity contribution in [3.05, 3.63) is 95.1 Å². The van der Waals surface area contributed by atoms with Crippen molar-refractivity contribution in [3.8, 4) is 5.75 Å². The topological polar surface area (TPSA) is 70.1 Å². The predicted molar refractivity (Wildman–Crippen MR) is 134 cm³/mol. The molecule has 3 aromatic carbocycles. The van der Waals surface area contributed by atoms with Gasteiger partial charge in [0.25, 0.3) is 11.7 Å². The van der Waals surface area contributed by atoms with E-state index in [9.17, 15) is 23.5 Å². The third-order valence-corrected chi connectivity index (χ3v) is 5.95. The lowest BCUT2D eigenvalue weighted by molar-refractivity contribution is -0.132. The third kappa shape index (κ3) is 4.66. The normalized spacial score (nSPS) is 16.9. The van der Waals surface area contributed by atoms with Gasteiger partial charge < -0.3 is 14.7 Å². The number of carbonyl (C=O) groups excluding carboxylic acids is 2. The number of nitrogens with zero attached hydrogens (tertiary/aromatic N) is 2. The Kier molecular flexibility index (Phi) is 7.05. The molecule has 0 spiro atoms. The molecular formula is C28H26F2N2O4. The van der Waals surface area contributed by atoms with E-state index in [1.165, 1.54) is 6.07 Å². The molecule has 4 rings (SSSR count). The fraction of sp³-hybridized carbons (Fsp3) is 0.214. The Morgan fingerprint density at radius 2 is 1.64 bits per heavy atom. The standard InChI is InChI=1S/C28H26F2N2O4/c1-4-15-36-21-12-7-18(8-13-21)26(33)24-25(17-5-9-19(10-6-17)31(2)3)32(28(35)27(24)34)20-11-14-22(29)23(30)16-20/h5-14,16,25,33H,4,15H2,1-3H3/b26-24+. The van der Waals surface area contributed by atoms with Crippen molar-refractivity contribution < 1.29 is 28.2 Å². The van der Waals surface area contributed by atoms with Crippen molar-refractivity contribution >= 4 is 28.8 Å². The molecule has 6 nitrogen and oxygen atoms in total. The summed E-state index contributed by atoms with van der Waals surface area (Å²) in [6.45, 7) is 2.52. The number of halogens is 2. The van der Waals surface area contributed by atoms with E-state index in [0.29, 0.717) is 23.5 Å². The maximum atomic E-state index is 14.1. The summed E-state index contributed by atoms with van der Waals surface area (Å²) >= 11 is 0. The number of aliphatic hydroxyl groups is 1. The van der Waals surface area contributed by atoms with Crippen molar-refractivity contribution in [1.82, 2.24) is 0 Å². The van der Waals surface area contributed by atoms with E-state index < -0.39 is 29.4 Å². The summed E-state index contributed by atoms with van der Waals surface area (Å²) in [5, 5.41) is 11.2. The summed E-state index contributed by atoms with van der Waals surface area (Å²) in [5.41, 5.74) is 1.57. The quantitative estimate of drug-likeness (QED) is 0.270. The summed E-state index contributed by atoms with van der Waals surface area (Å²) in [7, 11) is 3.74. The van der Waals surface area contributed by atoms with Gasteiger partial charge in [0.15, 0.2) is 11.6 Å². The largest absolute Gasteiger partial charge is 0.507 e. The van der Waals surface area contributed by atoms with Crippen molar-refractivity contribution in [1.29, 1.82) is 0 Å². The molecule has 1 amide bonds. The highest BCUT2D eigenvalue weighted by Gasteiger charge is 2.47. The van der Waals surface area contributed by atoms with Gasteiger partial charge in [0.2, 0.25) is 0 Å². The second kappa shape index (κ2) is 10.2. The van der Waals surface area contributed by atoms with Crippen LogP contribution in [0.4, 0.5) is 20.2 Å². The van der Waals surface area contributed by atoms with Crippen LogP contribution in [0.3, 0.4) is 0 Å². The zero-order valence-electron chi connectivity index (χ0n) is 20.2. The van der Waals surface area contributed by atoms with Crippen LogP contribution < -0.4 is 14.5 Å². The highest BCUT2D eigenvalue weighted by atomic mass is 19.2. The minimum Gasteiger partial charge on any atom is -0.507 e. The van der Waals surface area contributed by atoms with E-state index >= 15 is 0 Å². The van der Waals surface area contributed by atoms with Crippen molar-refractivity contribution in [2.75, 3.05) is 30.5 Å². The molecule has 0 aromatic heterocycles. The molecule has 3 aromatic rings. The molecule has 0 radical (unpaired) electrons. The average molecular weight is 493 g/mol. The number of ketones is 1. The van der Waals surface area contributed by atoms with Gasteiger partial charge >= 0.3 is 0 Å². The molecule has 1 aliphatic heterocycles. The summed E-state index contributed by atoms with van der Waals surface area (Å²) in [6.07, 6.45) is 0.835. The number of hydrogen-bond acceptors (Lipinski definition) is 5. The van der Waals surface area contributed by atoms with Gasteiger partial charge in [0.05, 0.1) is 18.2 Å². The van der Waals surface area contributed by atoms with Crippen LogP contribution in [0.15, 0.2) is 72.3 Å². The van der Waals surface area contributed by atoms with Gasteiger partial charge in [0.1, 0.15) is 11.5 Å². The lowest BCUT2D eigenvalue weighted by Gasteiger charge is -2.26. The van der Waals surface area contributed by atoms with E-state index in [0.717, 1.165) is 29.1 Å². The van der Waals surface area contributed by atoms with Gasteiger partial charge in [-0.15, -0.1) is 0 Å². The van der Waals surface area contributed by atoms with Crippen LogP contribution in [0.5, 0.6) is 5.75 Å². The number of anilines is 2. The number of aliphatic hydroxyl groups excluding tert-OH is 1. The minimum absolute atomic E-state index is 0.0000460. The molecule has 0 bridgehead atoms. The average Bonchev–Trinajstić information content (AvgIpc) is 3.14. The lowest BCUT2D eigenvalue weighted by Crippen LogP contribution is -2.29. The lowest BCUT2D eigenvalue weighted by atomic mass is 9.95.